The van der Waals surface area contributed by atoms with Crippen molar-refractivity contribution in [3.63, 3.8) is 0 Å². The predicted octanol–water partition coefficient (Wildman–Crippen LogP) is 2.83. The van der Waals surface area contributed by atoms with Gasteiger partial charge in [0.2, 0.25) is 0 Å². The van der Waals surface area contributed by atoms with Crippen molar-refractivity contribution in [2.75, 3.05) is 39.3 Å². The molecular formula is C24H33N5O4. The number of aliphatic imine (C=N–C) groups is 1. The molecule has 0 bridgehead atoms. The van der Waals surface area contributed by atoms with Crippen LogP contribution in [0, 0.1) is 10.1 Å². The van der Waals surface area contributed by atoms with Gasteiger partial charge < -0.3 is 15.2 Å². The van der Waals surface area contributed by atoms with Gasteiger partial charge in [-0.2, -0.15) is 0 Å². The largest absolute Gasteiger partial charge is 0.494 e. The zero-order chi connectivity index (χ0) is 23.3. The van der Waals surface area contributed by atoms with Crippen LogP contribution in [-0.4, -0.2) is 65.1 Å². The molecule has 1 atom stereocenters. The van der Waals surface area contributed by atoms with E-state index in [0.29, 0.717) is 25.1 Å². The molecule has 2 aromatic rings. The van der Waals surface area contributed by atoms with E-state index in [9.17, 15) is 15.2 Å². The van der Waals surface area contributed by atoms with Crippen molar-refractivity contribution in [1.82, 2.24) is 15.2 Å². The van der Waals surface area contributed by atoms with Gasteiger partial charge in [0, 0.05) is 36.0 Å². The van der Waals surface area contributed by atoms with Crippen LogP contribution in [0.25, 0.3) is 0 Å². The lowest BCUT2D eigenvalue weighted by atomic mass is 10.1. The molecule has 9 heteroatoms. The van der Waals surface area contributed by atoms with Crippen molar-refractivity contribution in [3.05, 3.63) is 70.0 Å². The Bertz CT molecular complexity index is 887. The summed E-state index contributed by atoms with van der Waals surface area (Å²) in [5.41, 5.74) is 1.87. The molecular weight excluding hydrogens is 422 g/mol. The molecule has 1 saturated heterocycles. The highest BCUT2D eigenvalue weighted by Crippen LogP contribution is 2.17. The number of likely N-dealkylation sites (tertiary alicyclic amines) is 1. The second-order valence-electron chi connectivity index (χ2n) is 8.19. The van der Waals surface area contributed by atoms with Crippen molar-refractivity contribution < 1.29 is 14.8 Å². The van der Waals surface area contributed by atoms with Crippen molar-refractivity contribution in [2.45, 2.75) is 38.3 Å². The standard InChI is InChI=1S/C24H33N5O4/c30-23(21-8-5-10-25-16-21)17-27-24(19-29(31)32)26-11-6-14-33-22-9-4-7-20(15-22)18-28-12-2-1-3-13-28/h4-5,7-10,15-16,23,30H,1-3,6,11-14,17-19H2,(H,26,27). The Hall–Kier alpha value is -3.04. The molecule has 1 aromatic carbocycles. The van der Waals surface area contributed by atoms with Gasteiger partial charge in [-0.25, -0.2) is 0 Å². The zero-order valence-corrected chi connectivity index (χ0v) is 18.9. The molecule has 0 radical (unpaired) electrons. The molecule has 2 N–H and O–H groups in total. The number of ether oxygens (including phenoxy) is 1. The third-order valence-corrected chi connectivity index (χ3v) is 5.48. The number of aliphatic hydroxyl groups excluding tert-OH is 1. The molecule has 0 aliphatic carbocycles. The van der Waals surface area contributed by atoms with Crippen LogP contribution in [0.1, 0.15) is 42.9 Å². The van der Waals surface area contributed by atoms with Crippen molar-refractivity contribution >= 4 is 5.84 Å². The molecule has 3 rings (SSSR count). The predicted molar refractivity (Wildman–Crippen MR) is 127 cm³/mol. The summed E-state index contributed by atoms with van der Waals surface area (Å²) in [5, 5.41) is 24.2. The second kappa shape index (κ2) is 13.5. The van der Waals surface area contributed by atoms with Gasteiger partial charge in [0.25, 0.3) is 6.54 Å². The fraction of sp³-hybridized carbons (Fsp3) is 0.500. The van der Waals surface area contributed by atoms with Crippen LogP contribution in [0.4, 0.5) is 0 Å². The Balaban J connectivity index is 1.41. The number of aromatic nitrogens is 1. The Morgan fingerprint density at radius 1 is 1.27 bits per heavy atom. The van der Waals surface area contributed by atoms with Gasteiger partial charge in [-0.05, 0) is 56.1 Å². The highest BCUT2D eigenvalue weighted by Gasteiger charge is 2.12. The maximum atomic E-state index is 11.0. The number of nitrogens with zero attached hydrogens (tertiary/aromatic N) is 4. The maximum Gasteiger partial charge on any atom is 0.259 e. The number of benzene rings is 1. The van der Waals surface area contributed by atoms with Gasteiger partial charge in [-0.3, -0.25) is 25.0 Å². The fourth-order valence-corrected chi connectivity index (χ4v) is 3.76. The number of hydrogen-bond donors (Lipinski definition) is 2. The highest BCUT2D eigenvalue weighted by molar-refractivity contribution is 5.83. The lowest BCUT2D eigenvalue weighted by Gasteiger charge is -2.26. The third kappa shape index (κ3) is 9.15. The smallest absolute Gasteiger partial charge is 0.259 e. The maximum absolute atomic E-state index is 11.0. The van der Waals surface area contributed by atoms with Crippen LogP contribution in [0.2, 0.25) is 0 Å². The van der Waals surface area contributed by atoms with Crippen molar-refractivity contribution in [3.8, 4) is 5.75 Å². The van der Waals surface area contributed by atoms with E-state index in [0.717, 1.165) is 25.4 Å². The summed E-state index contributed by atoms with van der Waals surface area (Å²) in [7, 11) is 0. The van der Waals surface area contributed by atoms with Crippen molar-refractivity contribution in [1.29, 1.82) is 0 Å². The lowest BCUT2D eigenvalue weighted by Crippen LogP contribution is -2.32. The van der Waals surface area contributed by atoms with Gasteiger partial charge in [-0.1, -0.05) is 24.6 Å². The second-order valence-corrected chi connectivity index (χ2v) is 8.19. The van der Waals surface area contributed by atoms with Crippen LogP contribution >= 0.6 is 0 Å². The number of pyridine rings is 1. The average molecular weight is 456 g/mol. The SMILES string of the molecule is O=[N+]([O-])CC(=NCC(O)c1cccnc1)NCCCOc1cccc(CN2CCCCC2)c1. The van der Waals surface area contributed by atoms with Crippen molar-refractivity contribution in [2.24, 2.45) is 4.99 Å². The average Bonchev–Trinajstić information content (AvgIpc) is 2.83. The minimum atomic E-state index is -0.859. The molecule has 9 nitrogen and oxygen atoms in total. The Labute approximate surface area is 194 Å². The Morgan fingerprint density at radius 3 is 2.88 bits per heavy atom. The number of rotatable bonds is 12. The first kappa shape index (κ1) is 24.6. The van der Waals surface area contributed by atoms with E-state index in [2.05, 4.69) is 32.3 Å². The van der Waals surface area contributed by atoms with E-state index in [1.807, 2.05) is 12.1 Å². The first-order valence-electron chi connectivity index (χ1n) is 11.5. The molecule has 1 aliphatic heterocycles. The molecule has 0 amide bonds. The van der Waals surface area contributed by atoms with E-state index in [1.54, 1.807) is 24.5 Å². The molecule has 1 aromatic heterocycles. The highest BCUT2D eigenvalue weighted by atomic mass is 16.6. The number of aliphatic hydroxyl groups is 1. The number of amidine groups is 1. The number of nitrogens with one attached hydrogen (secondary N) is 1. The summed E-state index contributed by atoms with van der Waals surface area (Å²) in [6.07, 6.45) is 6.85. The molecule has 178 valence electrons. The molecule has 0 saturated carbocycles. The summed E-state index contributed by atoms with van der Waals surface area (Å²) in [5.74, 6) is 1.08. The Morgan fingerprint density at radius 2 is 2.12 bits per heavy atom. The summed E-state index contributed by atoms with van der Waals surface area (Å²) in [6.45, 7) is 3.85. The van der Waals surface area contributed by atoms with E-state index in [4.69, 9.17) is 4.74 Å². The summed E-state index contributed by atoms with van der Waals surface area (Å²) in [4.78, 5) is 21.2. The van der Waals surface area contributed by atoms with Crippen LogP contribution in [-0.2, 0) is 6.54 Å². The van der Waals surface area contributed by atoms with E-state index in [-0.39, 0.29) is 12.4 Å². The normalized spacial score (nSPS) is 15.7. The number of piperidine rings is 1. The van der Waals surface area contributed by atoms with Crippen LogP contribution in [0.15, 0.2) is 53.8 Å². The van der Waals surface area contributed by atoms with E-state index in [1.165, 1.54) is 24.8 Å². The van der Waals surface area contributed by atoms with Gasteiger partial charge in [-0.15, -0.1) is 0 Å². The molecule has 0 spiro atoms. The molecule has 33 heavy (non-hydrogen) atoms. The van der Waals surface area contributed by atoms with E-state index < -0.39 is 17.6 Å². The molecule has 1 unspecified atom stereocenters. The van der Waals surface area contributed by atoms with Crippen LogP contribution in [0.3, 0.4) is 0 Å². The quantitative estimate of drug-likeness (QED) is 0.166. The number of hydrogen-bond acceptors (Lipinski definition) is 7. The lowest BCUT2D eigenvalue weighted by molar-refractivity contribution is -0.463. The Kier molecular flexibility index (Phi) is 10.1. The fourth-order valence-electron chi connectivity index (χ4n) is 3.76. The first-order chi connectivity index (χ1) is 16.1. The minimum absolute atomic E-state index is 0.0299. The monoisotopic (exact) mass is 455 g/mol. The number of nitro groups is 1. The topological polar surface area (TPSA) is 113 Å². The molecule has 1 fully saturated rings. The van der Waals surface area contributed by atoms with Gasteiger partial charge in [0.1, 0.15) is 11.9 Å². The van der Waals surface area contributed by atoms with Gasteiger partial charge >= 0.3 is 0 Å². The van der Waals surface area contributed by atoms with Gasteiger partial charge in [0.15, 0.2) is 5.84 Å². The van der Waals surface area contributed by atoms with Crippen LogP contribution < -0.4 is 10.1 Å². The first-order valence-corrected chi connectivity index (χ1v) is 11.5. The zero-order valence-electron chi connectivity index (χ0n) is 18.9. The van der Waals surface area contributed by atoms with E-state index >= 15 is 0 Å². The minimum Gasteiger partial charge on any atom is -0.494 e. The summed E-state index contributed by atoms with van der Waals surface area (Å²) < 4.78 is 5.88. The summed E-state index contributed by atoms with van der Waals surface area (Å²) in [6, 6.07) is 11.6. The summed E-state index contributed by atoms with van der Waals surface area (Å²) >= 11 is 0. The van der Waals surface area contributed by atoms with Gasteiger partial charge in [0.05, 0.1) is 13.2 Å². The molecule has 2 heterocycles. The third-order valence-electron chi connectivity index (χ3n) is 5.48. The van der Waals surface area contributed by atoms with Crippen LogP contribution in [0.5, 0.6) is 5.75 Å². The molecule has 1 aliphatic rings.